The van der Waals surface area contributed by atoms with E-state index in [1.165, 1.54) is 0 Å². The number of ether oxygens (including phenoxy) is 1. The molecule has 0 aliphatic carbocycles. The number of carbonyl (C=O) groups excluding carboxylic acids is 2. The van der Waals surface area contributed by atoms with Crippen LogP contribution >= 0.6 is 0 Å². The molecule has 0 radical (unpaired) electrons. The van der Waals surface area contributed by atoms with Gasteiger partial charge in [0.05, 0.1) is 31.4 Å². The molecule has 2 amide bonds. The van der Waals surface area contributed by atoms with Crippen LogP contribution in [0.2, 0.25) is 0 Å². The highest BCUT2D eigenvalue weighted by molar-refractivity contribution is 7.88. The Balaban J connectivity index is 0.000000806. The van der Waals surface area contributed by atoms with Gasteiger partial charge in [0.1, 0.15) is 0 Å². The minimum atomic E-state index is -3.33. The van der Waals surface area contributed by atoms with Gasteiger partial charge in [0.25, 0.3) is 6.47 Å². The van der Waals surface area contributed by atoms with Crippen molar-refractivity contribution in [2.45, 2.75) is 37.1 Å². The predicted octanol–water partition coefficient (Wildman–Crippen LogP) is -0.0725. The van der Waals surface area contributed by atoms with Gasteiger partial charge in [0.15, 0.2) is 5.72 Å². The summed E-state index contributed by atoms with van der Waals surface area (Å²) in [5.41, 5.74) is 0.280. The first-order chi connectivity index (χ1) is 14.2. The first-order valence-corrected chi connectivity index (χ1v) is 11.5. The average Bonchev–Trinajstić information content (AvgIpc) is 3.31. The second-order valence-corrected chi connectivity index (χ2v) is 9.26. The van der Waals surface area contributed by atoms with E-state index in [1.807, 2.05) is 35.2 Å². The second kappa shape index (κ2) is 8.70. The molecule has 0 bridgehead atoms. The normalized spacial score (nSPS) is 27.3. The molecule has 1 aromatic carbocycles. The summed E-state index contributed by atoms with van der Waals surface area (Å²) in [7, 11) is -3.33. The highest BCUT2D eigenvalue weighted by atomic mass is 32.2. The van der Waals surface area contributed by atoms with Crippen molar-refractivity contribution < 1.29 is 32.6 Å². The number of rotatable bonds is 5. The minimum absolute atomic E-state index is 0.00175. The minimum Gasteiger partial charge on any atom is -0.483 e. The average molecular weight is 439 g/mol. The maximum Gasteiger partial charge on any atom is 0.290 e. The summed E-state index contributed by atoms with van der Waals surface area (Å²) in [6.07, 6.45) is 1.95. The van der Waals surface area contributed by atoms with E-state index >= 15 is 0 Å². The number of carboxylic acid groups (broad SMARTS) is 1. The molecule has 3 aliphatic heterocycles. The molecule has 3 atom stereocenters. The van der Waals surface area contributed by atoms with Crippen molar-refractivity contribution in [2.24, 2.45) is 0 Å². The summed E-state index contributed by atoms with van der Waals surface area (Å²) in [6.45, 7) is 0.733. The molecule has 3 fully saturated rings. The van der Waals surface area contributed by atoms with Crippen LogP contribution in [0.4, 0.5) is 0 Å². The predicted molar refractivity (Wildman–Crippen MR) is 106 cm³/mol. The fourth-order valence-electron chi connectivity index (χ4n) is 4.55. The van der Waals surface area contributed by atoms with Crippen molar-refractivity contribution in [1.82, 2.24) is 14.5 Å². The van der Waals surface area contributed by atoms with Crippen LogP contribution in [0.3, 0.4) is 0 Å². The maximum atomic E-state index is 12.8. The Kier molecular flexibility index (Phi) is 6.44. The third kappa shape index (κ3) is 4.18. The molecule has 0 saturated carbocycles. The van der Waals surface area contributed by atoms with Crippen molar-refractivity contribution in [3.05, 3.63) is 35.9 Å². The van der Waals surface area contributed by atoms with E-state index in [0.29, 0.717) is 19.6 Å². The Morgan fingerprint density at radius 3 is 2.67 bits per heavy atom. The van der Waals surface area contributed by atoms with Crippen LogP contribution in [-0.2, 0) is 29.1 Å². The van der Waals surface area contributed by atoms with E-state index in [2.05, 4.69) is 4.72 Å². The standard InChI is InChI=1S/C18H23N3O5S.CH2O2/c1-27(24,25)19-9-7-16(22)20-10-8-18-15(20)11-17(23)21(18)14(12-26-18)13-5-3-2-4-6-13;2-1-3/h2-6,14-15,19H,7-12H2,1H3;1H,(H,2,3)/t14-,15+,18-;/m0./s1. The summed E-state index contributed by atoms with van der Waals surface area (Å²) >= 11 is 0. The van der Waals surface area contributed by atoms with Gasteiger partial charge in [-0.2, -0.15) is 0 Å². The summed E-state index contributed by atoms with van der Waals surface area (Å²) in [5, 5.41) is 6.89. The number of nitrogens with one attached hydrogen (secondary N) is 1. The van der Waals surface area contributed by atoms with E-state index in [-0.39, 0.29) is 49.8 Å². The van der Waals surface area contributed by atoms with Gasteiger partial charge in [-0.15, -0.1) is 0 Å². The molecule has 2 N–H and O–H groups in total. The number of benzene rings is 1. The third-order valence-corrected chi connectivity index (χ3v) is 6.39. The number of hydrogen-bond acceptors (Lipinski definition) is 6. The van der Waals surface area contributed by atoms with Crippen LogP contribution < -0.4 is 4.72 Å². The van der Waals surface area contributed by atoms with Gasteiger partial charge in [0, 0.05) is 25.9 Å². The number of carbonyl (C=O) groups is 3. The van der Waals surface area contributed by atoms with Gasteiger partial charge in [-0.25, -0.2) is 13.1 Å². The summed E-state index contributed by atoms with van der Waals surface area (Å²) in [4.78, 5) is 37.3. The van der Waals surface area contributed by atoms with Gasteiger partial charge >= 0.3 is 0 Å². The van der Waals surface area contributed by atoms with E-state index in [4.69, 9.17) is 14.6 Å². The molecule has 30 heavy (non-hydrogen) atoms. The van der Waals surface area contributed by atoms with Crippen LogP contribution in [-0.4, -0.2) is 79.3 Å². The molecular weight excluding hydrogens is 414 g/mol. The summed E-state index contributed by atoms with van der Waals surface area (Å²) < 4.78 is 30.8. The third-order valence-electron chi connectivity index (χ3n) is 5.66. The summed E-state index contributed by atoms with van der Waals surface area (Å²) in [5.74, 6) is -0.160. The Hall–Kier alpha value is -2.50. The molecule has 0 unspecified atom stereocenters. The highest BCUT2D eigenvalue weighted by Gasteiger charge is 2.65. The van der Waals surface area contributed by atoms with Crippen LogP contribution in [0.25, 0.3) is 0 Å². The largest absolute Gasteiger partial charge is 0.483 e. The fraction of sp³-hybridized carbons (Fsp3) is 0.526. The topological polar surface area (TPSA) is 133 Å². The van der Waals surface area contributed by atoms with Gasteiger partial charge in [0.2, 0.25) is 21.8 Å². The SMILES string of the molecule is CS(=O)(=O)NCCC(=O)N1CC[C@@]23OC[C@@H](c4ccccc4)N2C(=O)C[C@@H]13.O=CO. The van der Waals surface area contributed by atoms with Gasteiger partial charge < -0.3 is 19.6 Å². The molecule has 0 aromatic heterocycles. The Bertz CT molecular complexity index is 908. The molecule has 164 valence electrons. The Morgan fingerprint density at radius 2 is 2.03 bits per heavy atom. The molecule has 3 heterocycles. The number of amides is 2. The molecule has 4 rings (SSSR count). The van der Waals surface area contributed by atoms with Crippen molar-refractivity contribution in [3.8, 4) is 0 Å². The first-order valence-electron chi connectivity index (χ1n) is 9.56. The molecular formula is C19H25N3O7S. The lowest BCUT2D eigenvalue weighted by molar-refractivity contribution is -0.141. The van der Waals surface area contributed by atoms with E-state index in [0.717, 1.165) is 11.8 Å². The molecule has 1 aromatic rings. The van der Waals surface area contributed by atoms with Crippen molar-refractivity contribution in [1.29, 1.82) is 0 Å². The van der Waals surface area contributed by atoms with Crippen molar-refractivity contribution in [2.75, 3.05) is 26.0 Å². The quantitative estimate of drug-likeness (QED) is 0.614. The van der Waals surface area contributed by atoms with E-state index in [1.54, 1.807) is 4.90 Å². The van der Waals surface area contributed by atoms with Crippen LogP contribution in [0, 0.1) is 0 Å². The van der Waals surface area contributed by atoms with E-state index in [9.17, 15) is 18.0 Å². The Morgan fingerprint density at radius 1 is 1.37 bits per heavy atom. The number of sulfonamides is 1. The van der Waals surface area contributed by atoms with E-state index < -0.39 is 15.7 Å². The molecule has 11 heteroatoms. The molecule has 10 nitrogen and oxygen atoms in total. The number of nitrogens with zero attached hydrogens (tertiary/aromatic N) is 2. The molecule has 1 spiro atoms. The van der Waals surface area contributed by atoms with Gasteiger partial charge in [-0.05, 0) is 5.56 Å². The number of hydrogen-bond donors (Lipinski definition) is 2. The molecule has 3 saturated heterocycles. The van der Waals surface area contributed by atoms with Crippen LogP contribution in [0.15, 0.2) is 30.3 Å². The van der Waals surface area contributed by atoms with Crippen molar-refractivity contribution in [3.63, 3.8) is 0 Å². The monoisotopic (exact) mass is 439 g/mol. The zero-order valence-electron chi connectivity index (χ0n) is 16.6. The van der Waals surface area contributed by atoms with Crippen LogP contribution in [0.1, 0.15) is 30.9 Å². The molecule has 3 aliphatic rings. The highest BCUT2D eigenvalue weighted by Crippen LogP contribution is 2.51. The zero-order chi connectivity index (χ0) is 21.9. The van der Waals surface area contributed by atoms with Crippen LogP contribution in [0.5, 0.6) is 0 Å². The van der Waals surface area contributed by atoms with Gasteiger partial charge in [-0.1, -0.05) is 30.3 Å². The lowest BCUT2D eigenvalue weighted by Gasteiger charge is -2.33. The smallest absolute Gasteiger partial charge is 0.290 e. The lowest BCUT2D eigenvalue weighted by Crippen LogP contribution is -2.49. The van der Waals surface area contributed by atoms with Gasteiger partial charge in [-0.3, -0.25) is 14.4 Å². The lowest BCUT2D eigenvalue weighted by atomic mass is 10.0. The summed E-state index contributed by atoms with van der Waals surface area (Å²) in [6, 6.07) is 9.35. The zero-order valence-corrected chi connectivity index (χ0v) is 17.4. The van der Waals surface area contributed by atoms with Crippen molar-refractivity contribution >= 4 is 28.3 Å². The maximum absolute atomic E-state index is 12.8. The fourth-order valence-corrected chi connectivity index (χ4v) is 5.02. The number of likely N-dealkylation sites (tertiary alicyclic amines) is 1. The first kappa shape index (κ1) is 22.2. The second-order valence-electron chi connectivity index (χ2n) is 7.43. The Labute approximate surface area is 174 Å².